The molecule has 0 saturated heterocycles. The summed E-state index contributed by atoms with van der Waals surface area (Å²) in [4.78, 5) is 11.6. The Balaban J connectivity index is 2.51. The van der Waals surface area contributed by atoms with Crippen LogP contribution < -0.4 is 11.1 Å². The average Bonchev–Trinajstić information content (AvgIpc) is 2.47. The third-order valence-corrected chi connectivity index (χ3v) is 2.22. The van der Waals surface area contributed by atoms with Crippen LogP contribution in [0.1, 0.15) is 36.5 Å². The van der Waals surface area contributed by atoms with E-state index in [0.29, 0.717) is 18.2 Å². The minimum atomic E-state index is -0.211. The van der Waals surface area contributed by atoms with Gasteiger partial charge in [-0.1, -0.05) is 13.8 Å². The van der Waals surface area contributed by atoms with Crippen molar-refractivity contribution < 1.29 is 4.79 Å². The van der Waals surface area contributed by atoms with Gasteiger partial charge in [-0.3, -0.25) is 9.89 Å². The third kappa shape index (κ3) is 2.97. The van der Waals surface area contributed by atoms with Crippen molar-refractivity contribution >= 4 is 11.6 Å². The quantitative estimate of drug-likeness (QED) is 0.695. The highest BCUT2D eigenvalue weighted by atomic mass is 16.1. The summed E-state index contributed by atoms with van der Waals surface area (Å²) in [5.74, 6) is 0.362. The Morgan fingerprint density at radius 2 is 2.27 bits per heavy atom. The first kappa shape index (κ1) is 11.6. The first-order valence-corrected chi connectivity index (χ1v) is 5.11. The number of hydrogen-bond donors (Lipinski definition) is 3. The van der Waals surface area contributed by atoms with Crippen LogP contribution in [0.2, 0.25) is 0 Å². The highest BCUT2D eigenvalue weighted by Crippen LogP contribution is 2.11. The fraction of sp³-hybridized carbons (Fsp3) is 0.600. The Kier molecular flexibility index (Phi) is 3.71. The lowest BCUT2D eigenvalue weighted by Gasteiger charge is -2.05. The third-order valence-electron chi connectivity index (χ3n) is 2.22. The van der Waals surface area contributed by atoms with Gasteiger partial charge in [0.05, 0.1) is 11.4 Å². The summed E-state index contributed by atoms with van der Waals surface area (Å²) in [6.45, 7) is 6.66. The summed E-state index contributed by atoms with van der Waals surface area (Å²) in [5.41, 5.74) is 7.12. The van der Waals surface area contributed by atoms with Gasteiger partial charge < -0.3 is 11.1 Å². The Labute approximate surface area is 89.4 Å². The molecule has 4 N–H and O–H groups in total. The van der Waals surface area contributed by atoms with Crippen molar-refractivity contribution in [2.24, 2.45) is 5.92 Å². The number of carbonyl (C=O) groups is 1. The fourth-order valence-electron chi connectivity index (χ4n) is 1.17. The number of rotatable bonds is 4. The SMILES string of the molecule is Cc1[nH]nc(C(=O)NCCC(C)C)c1N. The second-order valence-electron chi connectivity index (χ2n) is 4.05. The monoisotopic (exact) mass is 210 g/mol. The topological polar surface area (TPSA) is 83.8 Å². The lowest BCUT2D eigenvalue weighted by molar-refractivity contribution is 0.0948. The van der Waals surface area contributed by atoms with Gasteiger partial charge in [-0.25, -0.2) is 0 Å². The van der Waals surface area contributed by atoms with E-state index in [2.05, 4.69) is 29.4 Å². The van der Waals surface area contributed by atoms with Crippen molar-refractivity contribution in [1.29, 1.82) is 0 Å². The second-order valence-corrected chi connectivity index (χ2v) is 4.05. The highest BCUT2D eigenvalue weighted by molar-refractivity contribution is 5.97. The molecule has 1 rings (SSSR count). The average molecular weight is 210 g/mol. The molecule has 0 aliphatic rings. The smallest absolute Gasteiger partial charge is 0.273 e. The number of nitrogens with one attached hydrogen (secondary N) is 2. The van der Waals surface area contributed by atoms with E-state index in [4.69, 9.17) is 5.73 Å². The maximum Gasteiger partial charge on any atom is 0.273 e. The molecular formula is C10H18N4O. The number of carbonyl (C=O) groups excluding carboxylic acids is 1. The largest absolute Gasteiger partial charge is 0.395 e. The van der Waals surface area contributed by atoms with E-state index in [9.17, 15) is 4.79 Å². The van der Waals surface area contributed by atoms with E-state index in [-0.39, 0.29) is 11.6 Å². The predicted molar refractivity (Wildman–Crippen MR) is 59.5 cm³/mol. The molecule has 1 aromatic heterocycles. The number of aromatic nitrogens is 2. The van der Waals surface area contributed by atoms with Crippen LogP contribution >= 0.6 is 0 Å². The second kappa shape index (κ2) is 4.82. The number of anilines is 1. The predicted octanol–water partition coefficient (Wildman–Crippen LogP) is 1.08. The zero-order chi connectivity index (χ0) is 11.4. The number of hydrogen-bond acceptors (Lipinski definition) is 3. The van der Waals surface area contributed by atoms with Gasteiger partial charge in [0.15, 0.2) is 5.69 Å². The van der Waals surface area contributed by atoms with Gasteiger partial charge >= 0.3 is 0 Å². The molecule has 0 aliphatic heterocycles. The van der Waals surface area contributed by atoms with Crippen LogP contribution in [0.5, 0.6) is 0 Å². The van der Waals surface area contributed by atoms with Crippen LogP contribution in [0, 0.1) is 12.8 Å². The van der Waals surface area contributed by atoms with Gasteiger partial charge in [0.2, 0.25) is 0 Å². The Morgan fingerprint density at radius 1 is 1.60 bits per heavy atom. The van der Waals surface area contributed by atoms with Crippen LogP contribution in [0.15, 0.2) is 0 Å². The van der Waals surface area contributed by atoms with Gasteiger partial charge in [-0.15, -0.1) is 0 Å². The summed E-state index contributed by atoms with van der Waals surface area (Å²) >= 11 is 0. The van der Waals surface area contributed by atoms with Crippen molar-refractivity contribution in [2.75, 3.05) is 12.3 Å². The number of nitrogen functional groups attached to an aromatic ring is 1. The molecule has 1 aromatic rings. The number of nitrogens with two attached hydrogens (primary N) is 1. The Morgan fingerprint density at radius 3 is 2.73 bits per heavy atom. The molecule has 15 heavy (non-hydrogen) atoms. The number of H-pyrrole nitrogens is 1. The van der Waals surface area contributed by atoms with Crippen molar-refractivity contribution in [1.82, 2.24) is 15.5 Å². The van der Waals surface area contributed by atoms with Crippen LogP contribution in [0.3, 0.4) is 0 Å². The zero-order valence-electron chi connectivity index (χ0n) is 9.42. The molecule has 5 heteroatoms. The van der Waals surface area contributed by atoms with Gasteiger partial charge in [0.25, 0.3) is 5.91 Å². The molecule has 0 fully saturated rings. The molecule has 0 unspecified atom stereocenters. The zero-order valence-corrected chi connectivity index (χ0v) is 9.42. The van der Waals surface area contributed by atoms with Crippen LogP contribution in [0.4, 0.5) is 5.69 Å². The molecule has 0 spiro atoms. The maximum absolute atomic E-state index is 11.6. The van der Waals surface area contributed by atoms with Crippen molar-refractivity contribution in [3.63, 3.8) is 0 Å². The summed E-state index contributed by atoms with van der Waals surface area (Å²) in [6.07, 6.45) is 0.953. The first-order valence-electron chi connectivity index (χ1n) is 5.11. The summed E-state index contributed by atoms with van der Waals surface area (Å²) in [7, 11) is 0. The highest BCUT2D eigenvalue weighted by Gasteiger charge is 2.14. The van der Waals surface area contributed by atoms with Crippen LogP contribution in [-0.4, -0.2) is 22.6 Å². The van der Waals surface area contributed by atoms with E-state index >= 15 is 0 Å². The lowest BCUT2D eigenvalue weighted by atomic mass is 10.1. The van der Waals surface area contributed by atoms with Gasteiger partial charge in [0, 0.05) is 6.54 Å². The molecule has 0 radical (unpaired) electrons. The minimum absolute atomic E-state index is 0.211. The number of aromatic amines is 1. The molecule has 0 saturated carbocycles. The van der Waals surface area contributed by atoms with Crippen molar-refractivity contribution in [3.8, 4) is 0 Å². The van der Waals surface area contributed by atoms with Crippen LogP contribution in [-0.2, 0) is 0 Å². The molecule has 0 aliphatic carbocycles. The summed E-state index contributed by atoms with van der Waals surface area (Å²) in [5, 5.41) is 9.32. The van der Waals surface area contributed by atoms with E-state index in [1.807, 2.05) is 0 Å². The molecule has 1 heterocycles. The molecular weight excluding hydrogens is 192 g/mol. The molecule has 0 bridgehead atoms. The maximum atomic E-state index is 11.6. The standard InChI is InChI=1S/C10H18N4O/c1-6(2)4-5-12-10(15)9-8(11)7(3)13-14-9/h6H,4-5,11H2,1-3H3,(H,12,15)(H,13,14). The van der Waals surface area contributed by atoms with Crippen molar-refractivity contribution in [2.45, 2.75) is 27.2 Å². The molecule has 84 valence electrons. The Bertz CT molecular complexity index is 343. The summed E-state index contributed by atoms with van der Waals surface area (Å²) < 4.78 is 0. The Hall–Kier alpha value is -1.52. The van der Waals surface area contributed by atoms with E-state index in [0.717, 1.165) is 12.1 Å². The normalized spacial score (nSPS) is 10.7. The summed E-state index contributed by atoms with van der Waals surface area (Å²) in [6, 6.07) is 0. The number of nitrogens with zero attached hydrogens (tertiary/aromatic N) is 1. The lowest BCUT2D eigenvalue weighted by Crippen LogP contribution is -2.26. The van der Waals surface area contributed by atoms with E-state index in [1.165, 1.54) is 0 Å². The van der Waals surface area contributed by atoms with Gasteiger partial charge in [0.1, 0.15) is 0 Å². The minimum Gasteiger partial charge on any atom is -0.395 e. The molecule has 1 amide bonds. The molecule has 0 aromatic carbocycles. The van der Waals surface area contributed by atoms with E-state index < -0.39 is 0 Å². The van der Waals surface area contributed by atoms with Gasteiger partial charge in [-0.2, -0.15) is 5.10 Å². The van der Waals surface area contributed by atoms with Crippen molar-refractivity contribution in [3.05, 3.63) is 11.4 Å². The number of aryl methyl sites for hydroxylation is 1. The van der Waals surface area contributed by atoms with Crippen LogP contribution in [0.25, 0.3) is 0 Å². The fourth-order valence-corrected chi connectivity index (χ4v) is 1.17. The molecule has 0 atom stereocenters. The molecule has 5 nitrogen and oxygen atoms in total. The van der Waals surface area contributed by atoms with E-state index in [1.54, 1.807) is 6.92 Å². The number of amides is 1. The first-order chi connectivity index (χ1) is 7.02. The van der Waals surface area contributed by atoms with Gasteiger partial charge in [-0.05, 0) is 19.3 Å².